The smallest absolute Gasteiger partial charge is 0.254 e. The monoisotopic (exact) mass is 546 g/mol. The van der Waals surface area contributed by atoms with E-state index in [4.69, 9.17) is 14.2 Å². The van der Waals surface area contributed by atoms with Crippen LogP contribution in [0.3, 0.4) is 0 Å². The molecule has 0 spiro atoms. The van der Waals surface area contributed by atoms with Crippen molar-refractivity contribution in [3.8, 4) is 17.2 Å². The Morgan fingerprint density at radius 1 is 0.886 bits per heavy atom. The van der Waals surface area contributed by atoms with Crippen LogP contribution in [0.25, 0.3) is 0 Å². The quantitative estimate of drug-likeness (QED) is 0.440. The summed E-state index contributed by atoms with van der Waals surface area (Å²) in [4.78, 5) is 29.2. The van der Waals surface area contributed by atoms with Crippen molar-refractivity contribution in [1.29, 1.82) is 0 Å². The molecule has 0 atom stereocenters. The third-order valence-electron chi connectivity index (χ3n) is 6.14. The third kappa shape index (κ3) is 6.90. The van der Waals surface area contributed by atoms with Crippen molar-refractivity contribution in [2.45, 2.75) is 39.0 Å². The molecule has 0 unspecified atom stereocenters. The number of piperazine rings is 1. The number of halogens is 1. The van der Waals surface area contributed by atoms with Crippen LogP contribution in [0.15, 0.2) is 40.9 Å². The normalized spacial score (nSPS) is 14.0. The Balaban J connectivity index is 1.43. The molecule has 7 nitrogen and oxygen atoms in total. The first-order valence-electron chi connectivity index (χ1n) is 11.9. The van der Waals surface area contributed by atoms with E-state index in [0.29, 0.717) is 62.7 Å². The van der Waals surface area contributed by atoms with E-state index >= 15 is 0 Å². The van der Waals surface area contributed by atoms with Gasteiger partial charge in [-0.15, -0.1) is 0 Å². The predicted octanol–water partition coefficient (Wildman–Crippen LogP) is 4.91. The van der Waals surface area contributed by atoms with Crippen LogP contribution in [0.1, 0.15) is 49.5 Å². The van der Waals surface area contributed by atoms with Crippen LogP contribution >= 0.6 is 15.9 Å². The fourth-order valence-corrected chi connectivity index (χ4v) is 4.45. The van der Waals surface area contributed by atoms with Gasteiger partial charge in [0.05, 0.1) is 25.3 Å². The number of hydrogen-bond acceptors (Lipinski definition) is 5. The van der Waals surface area contributed by atoms with Crippen molar-refractivity contribution in [2.24, 2.45) is 0 Å². The fourth-order valence-electron chi connectivity index (χ4n) is 3.96. The van der Waals surface area contributed by atoms with Crippen molar-refractivity contribution < 1.29 is 23.8 Å². The molecule has 0 aromatic heterocycles. The molecule has 2 aromatic rings. The standard InChI is InChI=1S/C27H35BrN2O5/c1-27(2,3)20-9-11-22(21(28)18-20)35-16-6-7-25(31)29-12-14-30(15-13-29)26(32)19-8-10-23(33-4)24(17-19)34-5/h8-11,17-18H,6-7,12-16H2,1-5H3. The summed E-state index contributed by atoms with van der Waals surface area (Å²) >= 11 is 3.59. The van der Waals surface area contributed by atoms with Crippen LogP contribution in [0, 0.1) is 0 Å². The van der Waals surface area contributed by atoms with Gasteiger partial charge in [0.15, 0.2) is 11.5 Å². The molecule has 1 heterocycles. The molecule has 1 saturated heterocycles. The highest BCUT2D eigenvalue weighted by Gasteiger charge is 2.25. The largest absolute Gasteiger partial charge is 0.493 e. The molecule has 3 rings (SSSR count). The molecular formula is C27H35BrN2O5. The molecule has 1 aliphatic rings. The summed E-state index contributed by atoms with van der Waals surface area (Å²) in [5, 5.41) is 0. The van der Waals surface area contributed by atoms with E-state index in [1.54, 1.807) is 37.3 Å². The Bertz CT molecular complexity index is 1040. The van der Waals surface area contributed by atoms with Crippen molar-refractivity contribution in [2.75, 3.05) is 47.0 Å². The van der Waals surface area contributed by atoms with Crippen molar-refractivity contribution >= 4 is 27.7 Å². The maximum Gasteiger partial charge on any atom is 0.254 e. The van der Waals surface area contributed by atoms with E-state index < -0.39 is 0 Å². The second kappa shape index (κ2) is 11.8. The lowest BCUT2D eigenvalue weighted by atomic mass is 9.87. The van der Waals surface area contributed by atoms with E-state index in [0.717, 1.165) is 10.2 Å². The summed E-state index contributed by atoms with van der Waals surface area (Å²) in [6.07, 6.45) is 1.05. The van der Waals surface area contributed by atoms with Gasteiger partial charge in [0.1, 0.15) is 5.75 Å². The van der Waals surface area contributed by atoms with E-state index in [2.05, 4.69) is 48.8 Å². The van der Waals surface area contributed by atoms with E-state index in [1.165, 1.54) is 5.56 Å². The number of carbonyl (C=O) groups is 2. The van der Waals surface area contributed by atoms with Crippen LogP contribution in [-0.4, -0.2) is 68.6 Å². The molecule has 2 amide bonds. The van der Waals surface area contributed by atoms with Crippen molar-refractivity contribution in [3.05, 3.63) is 52.0 Å². The van der Waals surface area contributed by atoms with Crippen molar-refractivity contribution in [1.82, 2.24) is 9.80 Å². The maximum atomic E-state index is 12.9. The molecule has 0 bridgehead atoms. The van der Waals surface area contributed by atoms with Crippen LogP contribution in [0.5, 0.6) is 17.2 Å². The number of methoxy groups -OCH3 is 2. The highest BCUT2D eigenvalue weighted by atomic mass is 79.9. The number of rotatable bonds is 8. The average molecular weight is 547 g/mol. The van der Waals surface area contributed by atoms with Gasteiger partial charge in [-0.3, -0.25) is 9.59 Å². The van der Waals surface area contributed by atoms with Gasteiger partial charge in [-0.05, 0) is 63.7 Å². The minimum atomic E-state index is -0.0745. The van der Waals surface area contributed by atoms with Gasteiger partial charge >= 0.3 is 0 Å². The number of nitrogens with zero attached hydrogens (tertiary/aromatic N) is 2. The molecule has 0 radical (unpaired) electrons. The highest BCUT2D eigenvalue weighted by molar-refractivity contribution is 9.10. The first-order valence-corrected chi connectivity index (χ1v) is 12.6. The van der Waals surface area contributed by atoms with Gasteiger partial charge in [0.2, 0.25) is 5.91 Å². The minimum Gasteiger partial charge on any atom is -0.493 e. The highest BCUT2D eigenvalue weighted by Crippen LogP contribution is 2.32. The topological polar surface area (TPSA) is 68.3 Å². The third-order valence-corrected chi connectivity index (χ3v) is 6.76. The zero-order valence-corrected chi connectivity index (χ0v) is 22.8. The number of carbonyl (C=O) groups excluding carboxylic acids is 2. The van der Waals surface area contributed by atoms with Gasteiger partial charge in [0.25, 0.3) is 5.91 Å². The summed E-state index contributed by atoms with van der Waals surface area (Å²) in [5.74, 6) is 1.90. The fraction of sp³-hybridized carbons (Fsp3) is 0.481. The Labute approximate surface area is 216 Å². The Kier molecular flexibility index (Phi) is 9.05. The van der Waals surface area contributed by atoms with Crippen LogP contribution in [0.4, 0.5) is 0 Å². The number of ether oxygens (including phenoxy) is 3. The molecule has 0 aliphatic carbocycles. The SMILES string of the molecule is COc1ccc(C(=O)N2CCN(C(=O)CCCOc3ccc(C(C)(C)C)cc3Br)CC2)cc1OC. The average Bonchev–Trinajstić information content (AvgIpc) is 2.85. The Morgan fingerprint density at radius 2 is 1.51 bits per heavy atom. The molecular weight excluding hydrogens is 512 g/mol. The number of amides is 2. The zero-order valence-electron chi connectivity index (χ0n) is 21.2. The van der Waals surface area contributed by atoms with Crippen LogP contribution in [-0.2, 0) is 10.2 Å². The first kappa shape index (κ1) is 26.9. The lowest BCUT2D eigenvalue weighted by Gasteiger charge is -2.35. The number of benzene rings is 2. The molecule has 1 fully saturated rings. The Morgan fingerprint density at radius 3 is 2.11 bits per heavy atom. The molecule has 190 valence electrons. The Hall–Kier alpha value is -2.74. The van der Waals surface area contributed by atoms with Crippen LogP contribution in [0.2, 0.25) is 0 Å². The summed E-state index contributed by atoms with van der Waals surface area (Å²) in [6.45, 7) is 9.05. The minimum absolute atomic E-state index is 0.0730. The summed E-state index contributed by atoms with van der Waals surface area (Å²) in [7, 11) is 3.11. The van der Waals surface area contributed by atoms with Gasteiger partial charge in [-0.2, -0.15) is 0 Å². The number of hydrogen-bond donors (Lipinski definition) is 0. The summed E-state index contributed by atoms with van der Waals surface area (Å²) < 4.78 is 17.3. The maximum absolute atomic E-state index is 12.9. The second-order valence-corrected chi connectivity index (χ2v) is 10.4. The summed E-state index contributed by atoms with van der Waals surface area (Å²) in [6, 6.07) is 11.3. The molecule has 2 aromatic carbocycles. The second-order valence-electron chi connectivity index (χ2n) is 9.59. The van der Waals surface area contributed by atoms with E-state index in [9.17, 15) is 9.59 Å². The lowest BCUT2D eigenvalue weighted by Crippen LogP contribution is -2.50. The zero-order chi connectivity index (χ0) is 25.6. The molecule has 1 aliphatic heterocycles. The molecule has 35 heavy (non-hydrogen) atoms. The molecule has 8 heteroatoms. The predicted molar refractivity (Wildman–Crippen MR) is 140 cm³/mol. The lowest BCUT2D eigenvalue weighted by molar-refractivity contribution is -0.132. The van der Waals surface area contributed by atoms with Gasteiger partial charge in [-0.1, -0.05) is 26.8 Å². The van der Waals surface area contributed by atoms with Gasteiger partial charge < -0.3 is 24.0 Å². The van der Waals surface area contributed by atoms with E-state index in [1.807, 2.05) is 11.0 Å². The van der Waals surface area contributed by atoms with Crippen molar-refractivity contribution in [3.63, 3.8) is 0 Å². The molecule has 0 saturated carbocycles. The van der Waals surface area contributed by atoms with Gasteiger partial charge in [-0.25, -0.2) is 0 Å². The first-order chi connectivity index (χ1) is 16.6. The van der Waals surface area contributed by atoms with E-state index in [-0.39, 0.29) is 17.2 Å². The summed E-state index contributed by atoms with van der Waals surface area (Å²) in [5.41, 5.74) is 1.85. The molecule has 0 N–H and O–H groups in total. The van der Waals surface area contributed by atoms with Gasteiger partial charge in [0, 0.05) is 38.2 Å². The van der Waals surface area contributed by atoms with Crippen LogP contribution < -0.4 is 14.2 Å².